The summed E-state index contributed by atoms with van der Waals surface area (Å²) < 4.78 is 24.2. The van der Waals surface area contributed by atoms with E-state index in [4.69, 9.17) is 4.74 Å². The van der Waals surface area contributed by atoms with Crippen molar-refractivity contribution in [3.8, 4) is 5.75 Å². The molecule has 0 aromatic heterocycles. The first kappa shape index (κ1) is 25.0. The van der Waals surface area contributed by atoms with Crippen LogP contribution < -0.4 is 15.5 Å². The van der Waals surface area contributed by atoms with Crippen LogP contribution in [0.3, 0.4) is 0 Å². The molecule has 32 heavy (non-hydrogen) atoms. The lowest BCUT2D eigenvalue weighted by Gasteiger charge is -2.20. The van der Waals surface area contributed by atoms with Crippen LogP contribution in [0.2, 0.25) is 0 Å². The van der Waals surface area contributed by atoms with E-state index in [1.807, 2.05) is 0 Å². The summed E-state index contributed by atoms with van der Waals surface area (Å²) >= 11 is 3.33. The first-order valence-corrected chi connectivity index (χ1v) is 10.4. The third-order valence-electron chi connectivity index (χ3n) is 4.27. The van der Waals surface area contributed by atoms with Crippen molar-refractivity contribution >= 4 is 39.9 Å². The molecular formula is C22H23BrFN3O5. The van der Waals surface area contributed by atoms with Gasteiger partial charge in [-0.15, -0.1) is 0 Å². The SMILES string of the molecule is COC(=O)COc1ccc(C=NNC(=O)C(NC(=O)c2ccccc2F)C(C)C)cc1Br. The molecule has 10 heteroatoms. The second kappa shape index (κ2) is 11.9. The van der Waals surface area contributed by atoms with Crippen LogP contribution in [0, 0.1) is 11.7 Å². The molecule has 0 saturated carbocycles. The number of hydrazone groups is 1. The van der Waals surface area contributed by atoms with Gasteiger partial charge in [0.1, 0.15) is 17.6 Å². The number of hydrogen-bond acceptors (Lipinski definition) is 6. The number of halogens is 2. The number of nitrogens with one attached hydrogen (secondary N) is 2. The topological polar surface area (TPSA) is 106 Å². The summed E-state index contributed by atoms with van der Waals surface area (Å²) in [7, 11) is 1.27. The number of amides is 2. The minimum Gasteiger partial charge on any atom is -0.481 e. The molecule has 170 valence electrons. The molecule has 0 radical (unpaired) electrons. The van der Waals surface area contributed by atoms with Crippen molar-refractivity contribution in [3.63, 3.8) is 0 Å². The second-order valence-corrected chi connectivity index (χ2v) is 7.82. The summed E-state index contributed by atoms with van der Waals surface area (Å²) in [5.74, 6) is -2.23. The minimum absolute atomic E-state index is 0.145. The second-order valence-electron chi connectivity index (χ2n) is 6.96. The average molecular weight is 508 g/mol. The Morgan fingerprint density at radius 3 is 2.53 bits per heavy atom. The summed E-state index contributed by atoms with van der Waals surface area (Å²) in [5, 5.41) is 6.45. The highest BCUT2D eigenvalue weighted by molar-refractivity contribution is 9.10. The van der Waals surface area contributed by atoms with Crippen LogP contribution in [0.25, 0.3) is 0 Å². The number of methoxy groups -OCH3 is 1. The molecule has 2 amide bonds. The molecule has 1 unspecified atom stereocenters. The Labute approximate surface area is 193 Å². The standard InChI is InChI=1S/C22H23BrFN3O5/c1-13(2)20(26-21(29)15-6-4-5-7-17(15)24)22(30)27-25-11-14-8-9-18(16(23)10-14)32-12-19(28)31-3/h4-11,13,20H,12H2,1-3H3,(H,26,29)(H,27,30). The van der Waals surface area contributed by atoms with Gasteiger partial charge in [0.2, 0.25) is 0 Å². The maximum absolute atomic E-state index is 13.8. The van der Waals surface area contributed by atoms with Gasteiger partial charge in [0.15, 0.2) is 6.61 Å². The van der Waals surface area contributed by atoms with E-state index in [1.165, 1.54) is 37.6 Å². The van der Waals surface area contributed by atoms with Crippen LogP contribution in [0.15, 0.2) is 52.0 Å². The van der Waals surface area contributed by atoms with Crippen molar-refractivity contribution in [1.29, 1.82) is 0 Å². The highest BCUT2D eigenvalue weighted by Crippen LogP contribution is 2.25. The predicted molar refractivity (Wildman–Crippen MR) is 120 cm³/mol. The summed E-state index contributed by atoms with van der Waals surface area (Å²) in [6.07, 6.45) is 1.41. The Hall–Kier alpha value is -3.27. The molecule has 2 N–H and O–H groups in total. The number of hydrogen-bond donors (Lipinski definition) is 2. The lowest BCUT2D eigenvalue weighted by atomic mass is 10.0. The van der Waals surface area contributed by atoms with Crippen molar-refractivity contribution in [2.24, 2.45) is 11.0 Å². The fourth-order valence-electron chi connectivity index (χ4n) is 2.55. The molecule has 0 bridgehead atoms. The van der Waals surface area contributed by atoms with Crippen molar-refractivity contribution in [2.75, 3.05) is 13.7 Å². The quantitative estimate of drug-likeness (QED) is 0.308. The number of rotatable bonds is 9. The molecule has 2 aromatic rings. The van der Waals surface area contributed by atoms with E-state index in [1.54, 1.807) is 32.0 Å². The van der Waals surface area contributed by atoms with Gasteiger partial charge in [-0.1, -0.05) is 26.0 Å². The maximum Gasteiger partial charge on any atom is 0.343 e. The third-order valence-corrected chi connectivity index (χ3v) is 4.89. The smallest absolute Gasteiger partial charge is 0.343 e. The normalized spacial score (nSPS) is 11.8. The highest BCUT2D eigenvalue weighted by Gasteiger charge is 2.25. The molecule has 2 rings (SSSR count). The van der Waals surface area contributed by atoms with Crippen molar-refractivity contribution in [1.82, 2.24) is 10.7 Å². The summed E-state index contributed by atoms with van der Waals surface area (Å²) in [6, 6.07) is 9.60. The summed E-state index contributed by atoms with van der Waals surface area (Å²) in [6.45, 7) is 3.27. The first-order chi connectivity index (χ1) is 15.2. The number of nitrogens with zero attached hydrogens (tertiary/aromatic N) is 1. The van der Waals surface area contributed by atoms with E-state index in [0.717, 1.165) is 0 Å². The minimum atomic E-state index is -0.917. The molecular weight excluding hydrogens is 485 g/mol. The van der Waals surface area contributed by atoms with E-state index < -0.39 is 29.6 Å². The fourth-order valence-corrected chi connectivity index (χ4v) is 3.06. The van der Waals surface area contributed by atoms with Gasteiger partial charge in [0, 0.05) is 0 Å². The van der Waals surface area contributed by atoms with Gasteiger partial charge in [0.05, 0.1) is 23.4 Å². The largest absolute Gasteiger partial charge is 0.481 e. The van der Waals surface area contributed by atoms with E-state index in [0.29, 0.717) is 15.8 Å². The monoisotopic (exact) mass is 507 g/mol. The van der Waals surface area contributed by atoms with Crippen molar-refractivity contribution < 1.29 is 28.2 Å². The van der Waals surface area contributed by atoms with Gasteiger partial charge in [-0.3, -0.25) is 9.59 Å². The number of esters is 1. The molecule has 0 fully saturated rings. The van der Waals surface area contributed by atoms with Crippen LogP contribution in [0.1, 0.15) is 29.8 Å². The molecule has 2 aromatic carbocycles. The maximum atomic E-state index is 13.8. The molecule has 1 atom stereocenters. The van der Waals surface area contributed by atoms with Crippen LogP contribution >= 0.6 is 15.9 Å². The first-order valence-electron chi connectivity index (χ1n) is 9.60. The van der Waals surface area contributed by atoms with Crippen LogP contribution in [-0.2, 0) is 14.3 Å². The lowest BCUT2D eigenvalue weighted by molar-refractivity contribution is -0.142. The Morgan fingerprint density at radius 2 is 1.91 bits per heavy atom. The lowest BCUT2D eigenvalue weighted by Crippen LogP contribution is -2.48. The molecule has 0 aliphatic carbocycles. The van der Waals surface area contributed by atoms with Gasteiger partial charge < -0.3 is 14.8 Å². The summed E-state index contributed by atoms with van der Waals surface area (Å²) in [5.41, 5.74) is 2.87. The zero-order chi connectivity index (χ0) is 23.7. The van der Waals surface area contributed by atoms with Crippen LogP contribution in [-0.4, -0.2) is 43.8 Å². The molecule has 0 saturated heterocycles. The van der Waals surface area contributed by atoms with Crippen LogP contribution in [0.5, 0.6) is 5.75 Å². The van der Waals surface area contributed by atoms with E-state index in [-0.39, 0.29) is 18.1 Å². The molecule has 0 heterocycles. The van der Waals surface area contributed by atoms with Gasteiger partial charge in [-0.05, 0) is 57.7 Å². The fraction of sp³-hybridized carbons (Fsp3) is 0.273. The molecule has 0 aliphatic rings. The number of benzene rings is 2. The predicted octanol–water partition coefficient (Wildman–Crippen LogP) is 3.04. The Kier molecular flexibility index (Phi) is 9.33. The molecule has 8 nitrogen and oxygen atoms in total. The molecule has 0 aliphatic heterocycles. The van der Waals surface area contributed by atoms with E-state index in [9.17, 15) is 18.8 Å². The number of carbonyl (C=O) groups excluding carboxylic acids is 3. The zero-order valence-electron chi connectivity index (χ0n) is 17.7. The number of carbonyl (C=O) groups is 3. The van der Waals surface area contributed by atoms with Gasteiger partial charge in [-0.25, -0.2) is 14.6 Å². The van der Waals surface area contributed by atoms with Crippen molar-refractivity contribution in [2.45, 2.75) is 19.9 Å². The van der Waals surface area contributed by atoms with Gasteiger partial charge in [-0.2, -0.15) is 5.10 Å². The zero-order valence-corrected chi connectivity index (χ0v) is 19.3. The Balaban J connectivity index is 1.99. The molecule has 0 spiro atoms. The Morgan fingerprint density at radius 1 is 1.19 bits per heavy atom. The highest BCUT2D eigenvalue weighted by atomic mass is 79.9. The van der Waals surface area contributed by atoms with E-state index >= 15 is 0 Å². The number of ether oxygens (including phenoxy) is 2. The van der Waals surface area contributed by atoms with E-state index in [2.05, 4.69) is 36.5 Å². The summed E-state index contributed by atoms with van der Waals surface area (Å²) in [4.78, 5) is 36.0. The van der Waals surface area contributed by atoms with Gasteiger partial charge in [0.25, 0.3) is 11.8 Å². The Bertz CT molecular complexity index is 1010. The van der Waals surface area contributed by atoms with Crippen molar-refractivity contribution in [3.05, 3.63) is 63.9 Å². The van der Waals surface area contributed by atoms with Crippen LogP contribution in [0.4, 0.5) is 4.39 Å². The van der Waals surface area contributed by atoms with Gasteiger partial charge >= 0.3 is 5.97 Å². The third kappa shape index (κ3) is 7.16. The average Bonchev–Trinajstić information content (AvgIpc) is 2.76.